The number of hydrogen-bond acceptors (Lipinski definition) is 4. The van der Waals surface area contributed by atoms with Gasteiger partial charge < -0.3 is 15.5 Å². The fraction of sp³-hybridized carbons (Fsp3) is 0.167. The van der Waals surface area contributed by atoms with Crippen molar-refractivity contribution in [1.29, 1.82) is 0 Å². The van der Waals surface area contributed by atoms with Gasteiger partial charge in [0.15, 0.2) is 5.76 Å². The van der Waals surface area contributed by atoms with Crippen LogP contribution in [0.5, 0.6) is 0 Å². The van der Waals surface area contributed by atoms with E-state index in [0.717, 1.165) is 16.5 Å². The molecule has 2 aromatic heterocycles. The largest absolute Gasteiger partial charge is 0.451 e. The number of furan rings is 1. The molecule has 0 aliphatic carbocycles. The molecule has 0 saturated heterocycles. The van der Waals surface area contributed by atoms with Gasteiger partial charge in [0.2, 0.25) is 0 Å². The van der Waals surface area contributed by atoms with Crippen molar-refractivity contribution in [3.63, 3.8) is 0 Å². The summed E-state index contributed by atoms with van der Waals surface area (Å²) in [5.74, 6) is -0.341. The van der Waals surface area contributed by atoms with E-state index in [9.17, 15) is 9.59 Å². The van der Waals surface area contributed by atoms with E-state index in [-0.39, 0.29) is 11.7 Å². The summed E-state index contributed by atoms with van der Waals surface area (Å²) in [6.45, 7) is 5.55. The predicted molar refractivity (Wildman–Crippen MR) is 91.1 cm³/mol. The van der Waals surface area contributed by atoms with Crippen LogP contribution in [-0.2, 0) is 0 Å². The molecule has 0 bridgehead atoms. The molecule has 6 nitrogen and oxygen atoms in total. The van der Waals surface area contributed by atoms with Gasteiger partial charge in [-0.25, -0.2) is 4.98 Å². The first-order chi connectivity index (χ1) is 11.4. The van der Waals surface area contributed by atoms with E-state index in [1.807, 2.05) is 19.9 Å². The van der Waals surface area contributed by atoms with E-state index >= 15 is 0 Å². The number of aryl methyl sites for hydroxylation is 3. The van der Waals surface area contributed by atoms with Crippen LogP contribution in [0.25, 0.3) is 11.0 Å². The topological polar surface area (TPSA) is 98.2 Å². The number of benzene rings is 1. The summed E-state index contributed by atoms with van der Waals surface area (Å²) in [7, 11) is 0. The predicted octanol–water partition coefficient (Wildman–Crippen LogP) is 3.10. The van der Waals surface area contributed by atoms with Crippen molar-refractivity contribution in [3.8, 4) is 0 Å². The van der Waals surface area contributed by atoms with Gasteiger partial charge in [0.25, 0.3) is 11.8 Å². The molecular weight excluding hydrogens is 306 g/mol. The van der Waals surface area contributed by atoms with Gasteiger partial charge in [-0.05, 0) is 50.1 Å². The number of hydrogen-bond donors (Lipinski definition) is 2. The third-order valence-electron chi connectivity index (χ3n) is 3.87. The van der Waals surface area contributed by atoms with E-state index in [1.165, 1.54) is 0 Å². The van der Waals surface area contributed by atoms with Crippen molar-refractivity contribution in [2.24, 2.45) is 5.73 Å². The third-order valence-corrected chi connectivity index (χ3v) is 3.87. The number of nitrogens with zero attached hydrogens (tertiary/aromatic N) is 1. The van der Waals surface area contributed by atoms with Crippen LogP contribution in [0.1, 0.15) is 37.6 Å². The number of carbonyl (C=O) groups is 2. The Hall–Kier alpha value is -3.15. The Morgan fingerprint density at radius 1 is 1.17 bits per heavy atom. The molecule has 0 spiro atoms. The molecule has 24 heavy (non-hydrogen) atoms. The Balaban J connectivity index is 1.99. The molecule has 0 aliphatic rings. The van der Waals surface area contributed by atoms with E-state index in [4.69, 9.17) is 10.2 Å². The average molecular weight is 323 g/mol. The summed E-state index contributed by atoms with van der Waals surface area (Å²) in [6.07, 6.45) is 1.68. The Morgan fingerprint density at radius 3 is 2.54 bits per heavy atom. The lowest BCUT2D eigenvalue weighted by Gasteiger charge is -2.06. The number of pyridine rings is 1. The molecule has 2 amide bonds. The molecule has 3 aromatic rings. The Kier molecular flexibility index (Phi) is 3.81. The minimum Gasteiger partial charge on any atom is -0.451 e. The molecule has 3 rings (SSSR count). The standard InChI is InChI=1S/C18H17N3O3/c1-9-4-5-14(20-8-9)21-18(23)12-6-10(2)15-11(3)16(17(19)22)24-13(15)7-12/h4-8H,1-3H3,(H2,19,22)(H,20,21,23). The summed E-state index contributed by atoms with van der Waals surface area (Å²) in [6, 6.07) is 6.96. The maximum atomic E-state index is 12.4. The first kappa shape index (κ1) is 15.7. The highest BCUT2D eigenvalue weighted by Gasteiger charge is 2.19. The van der Waals surface area contributed by atoms with Gasteiger partial charge in [-0.2, -0.15) is 0 Å². The number of carbonyl (C=O) groups excluding carboxylic acids is 2. The van der Waals surface area contributed by atoms with Gasteiger partial charge in [0.1, 0.15) is 11.4 Å². The number of nitrogens with two attached hydrogens (primary N) is 1. The molecule has 0 fully saturated rings. The van der Waals surface area contributed by atoms with Crippen molar-refractivity contribution in [2.75, 3.05) is 5.32 Å². The number of amides is 2. The lowest BCUT2D eigenvalue weighted by molar-refractivity contribution is 0.0974. The van der Waals surface area contributed by atoms with Crippen molar-refractivity contribution in [3.05, 3.63) is 58.5 Å². The maximum Gasteiger partial charge on any atom is 0.284 e. The lowest BCUT2D eigenvalue weighted by atomic mass is 10.0. The highest BCUT2D eigenvalue weighted by Crippen LogP contribution is 2.29. The molecule has 0 unspecified atom stereocenters. The van der Waals surface area contributed by atoms with Crippen molar-refractivity contribution in [1.82, 2.24) is 4.98 Å². The second-order valence-electron chi connectivity index (χ2n) is 5.76. The van der Waals surface area contributed by atoms with E-state index in [2.05, 4.69) is 10.3 Å². The second kappa shape index (κ2) is 5.81. The first-order valence-electron chi connectivity index (χ1n) is 7.44. The van der Waals surface area contributed by atoms with Gasteiger partial charge in [0.05, 0.1) is 0 Å². The summed E-state index contributed by atoms with van der Waals surface area (Å²) in [5, 5.41) is 3.54. The molecule has 2 heterocycles. The molecular formula is C18H17N3O3. The molecule has 1 aromatic carbocycles. The smallest absolute Gasteiger partial charge is 0.284 e. The molecule has 0 radical (unpaired) electrons. The van der Waals surface area contributed by atoms with Crippen LogP contribution in [-0.4, -0.2) is 16.8 Å². The molecule has 0 aliphatic heterocycles. The molecule has 6 heteroatoms. The highest BCUT2D eigenvalue weighted by atomic mass is 16.3. The molecule has 3 N–H and O–H groups in total. The molecule has 122 valence electrons. The quantitative estimate of drug-likeness (QED) is 0.773. The normalized spacial score (nSPS) is 10.8. The Labute approximate surface area is 138 Å². The number of nitrogens with one attached hydrogen (secondary N) is 1. The summed E-state index contributed by atoms with van der Waals surface area (Å²) < 4.78 is 5.53. The van der Waals surface area contributed by atoms with Crippen LogP contribution >= 0.6 is 0 Å². The van der Waals surface area contributed by atoms with E-state index < -0.39 is 5.91 Å². The zero-order chi connectivity index (χ0) is 17.4. The lowest BCUT2D eigenvalue weighted by Crippen LogP contribution is -2.13. The minimum absolute atomic E-state index is 0.117. The van der Waals surface area contributed by atoms with Crippen molar-refractivity contribution in [2.45, 2.75) is 20.8 Å². The third kappa shape index (κ3) is 2.74. The van der Waals surface area contributed by atoms with Gasteiger partial charge in [-0.1, -0.05) is 6.07 Å². The average Bonchev–Trinajstić information content (AvgIpc) is 2.87. The zero-order valence-electron chi connectivity index (χ0n) is 13.6. The number of aromatic nitrogens is 1. The summed E-state index contributed by atoms with van der Waals surface area (Å²) in [4.78, 5) is 28.0. The number of rotatable bonds is 3. The number of fused-ring (bicyclic) bond motifs is 1. The number of primary amides is 1. The summed E-state index contributed by atoms with van der Waals surface area (Å²) >= 11 is 0. The zero-order valence-corrected chi connectivity index (χ0v) is 13.6. The number of anilines is 1. The van der Waals surface area contributed by atoms with Crippen molar-refractivity contribution < 1.29 is 14.0 Å². The van der Waals surface area contributed by atoms with Gasteiger partial charge in [-0.3, -0.25) is 9.59 Å². The van der Waals surface area contributed by atoms with Gasteiger partial charge in [-0.15, -0.1) is 0 Å². The first-order valence-corrected chi connectivity index (χ1v) is 7.44. The van der Waals surface area contributed by atoms with Crippen LogP contribution in [0.15, 0.2) is 34.9 Å². The van der Waals surface area contributed by atoms with Crippen LogP contribution in [0.2, 0.25) is 0 Å². The minimum atomic E-state index is -0.627. The highest BCUT2D eigenvalue weighted by molar-refractivity contribution is 6.07. The second-order valence-corrected chi connectivity index (χ2v) is 5.76. The molecule has 0 saturated carbocycles. The van der Waals surface area contributed by atoms with Gasteiger partial charge in [0, 0.05) is 22.7 Å². The SMILES string of the molecule is Cc1ccc(NC(=O)c2cc(C)c3c(C)c(C(N)=O)oc3c2)nc1. The van der Waals surface area contributed by atoms with Gasteiger partial charge >= 0.3 is 0 Å². The fourth-order valence-corrected chi connectivity index (χ4v) is 2.71. The maximum absolute atomic E-state index is 12.4. The van der Waals surface area contributed by atoms with Crippen LogP contribution < -0.4 is 11.1 Å². The molecule has 0 atom stereocenters. The Bertz CT molecular complexity index is 956. The van der Waals surface area contributed by atoms with E-state index in [0.29, 0.717) is 22.5 Å². The van der Waals surface area contributed by atoms with Crippen LogP contribution in [0.3, 0.4) is 0 Å². The van der Waals surface area contributed by atoms with Crippen LogP contribution in [0.4, 0.5) is 5.82 Å². The van der Waals surface area contributed by atoms with Crippen LogP contribution in [0, 0.1) is 20.8 Å². The Morgan fingerprint density at radius 2 is 1.92 bits per heavy atom. The summed E-state index contributed by atoms with van der Waals surface area (Å²) in [5.41, 5.74) is 8.73. The monoisotopic (exact) mass is 323 g/mol. The van der Waals surface area contributed by atoms with E-state index in [1.54, 1.807) is 31.3 Å². The van der Waals surface area contributed by atoms with Crippen molar-refractivity contribution >= 4 is 28.6 Å². The fourth-order valence-electron chi connectivity index (χ4n) is 2.71.